The van der Waals surface area contributed by atoms with E-state index in [9.17, 15) is 4.79 Å². The summed E-state index contributed by atoms with van der Waals surface area (Å²) in [5.41, 5.74) is 0.854. The molecule has 2 heterocycles. The van der Waals surface area contributed by atoms with Crippen LogP contribution in [0.2, 0.25) is 0 Å². The standard InChI is InChI=1S/C19H22ClN3O3/c1-13-10-17(26-16-5-3-4-15(11-16)25-2)22-19(21-13)14-6-8-23(9-7-14)18(24)12-20/h3-5,10-11,14H,6-9,12H2,1-2H3. The van der Waals surface area contributed by atoms with Gasteiger partial charge in [-0.1, -0.05) is 6.07 Å². The van der Waals surface area contributed by atoms with Gasteiger partial charge in [0.05, 0.1) is 7.11 Å². The van der Waals surface area contributed by atoms with E-state index in [2.05, 4.69) is 9.97 Å². The molecule has 0 bridgehead atoms. The van der Waals surface area contributed by atoms with Crippen LogP contribution in [-0.2, 0) is 4.79 Å². The van der Waals surface area contributed by atoms with Gasteiger partial charge in [-0.3, -0.25) is 4.79 Å². The summed E-state index contributed by atoms with van der Waals surface area (Å²) in [5, 5.41) is 0. The molecule has 0 atom stereocenters. The number of carbonyl (C=O) groups is 1. The highest BCUT2D eigenvalue weighted by atomic mass is 35.5. The molecule has 0 spiro atoms. The monoisotopic (exact) mass is 375 g/mol. The first-order valence-corrected chi connectivity index (χ1v) is 9.13. The lowest BCUT2D eigenvalue weighted by molar-refractivity contribution is -0.129. The first-order chi connectivity index (χ1) is 12.6. The van der Waals surface area contributed by atoms with Gasteiger partial charge >= 0.3 is 0 Å². The average Bonchev–Trinajstić information content (AvgIpc) is 2.67. The molecular formula is C19H22ClN3O3. The van der Waals surface area contributed by atoms with Gasteiger partial charge in [0.2, 0.25) is 11.8 Å². The lowest BCUT2D eigenvalue weighted by Gasteiger charge is -2.31. The Morgan fingerprint density at radius 3 is 2.65 bits per heavy atom. The number of aromatic nitrogens is 2. The molecule has 2 aromatic rings. The molecule has 1 aliphatic rings. The van der Waals surface area contributed by atoms with E-state index in [1.54, 1.807) is 12.0 Å². The van der Waals surface area contributed by atoms with Crippen LogP contribution in [0.5, 0.6) is 17.4 Å². The van der Waals surface area contributed by atoms with E-state index < -0.39 is 0 Å². The van der Waals surface area contributed by atoms with Crippen molar-refractivity contribution in [3.63, 3.8) is 0 Å². The summed E-state index contributed by atoms with van der Waals surface area (Å²) in [5.74, 6) is 2.89. The number of rotatable bonds is 5. The van der Waals surface area contributed by atoms with Crippen molar-refractivity contribution in [2.24, 2.45) is 0 Å². The zero-order valence-electron chi connectivity index (χ0n) is 14.9. The number of alkyl halides is 1. The fourth-order valence-electron chi connectivity index (χ4n) is 3.05. The van der Waals surface area contributed by atoms with Gasteiger partial charge < -0.3 is 14.4 Å². The highest BCUT2D eigenvalue weighted by molar-refractivity contribution is 6.27. The summed E-state index contributed by atoms with van der Waals surface area (Å²) >= 11 is 5.64. The fourth-order valence-corrected chi connectivity index (χ4v) is 3.22. The molecule has 1 fully saturated rings. The smallest absolute Gasteiger partial charge is 0.237 e. The molecule has 0 unspecified atom stereocenters. The largest absolute Gasteiger partial charge is 0.497 e. The van der Waals surface area contributed by atoms with Crippen molar-refractivity contribution in [3.05, 3.63) is 41.9 Å². The summed E-state index contributed by atoms with van der Waals surface area (Å²) in [6, 6.07) is 9.21. The second kappa shape index (κ2) is 8.36. The van der Waals surface area contributed by atoms with Crippen molar-refractivity contribution < 1.29 is 14.3 Å². The lowest BCUT2D eigenvalue weighted by atomic mass is 9.96. The molecule has 0 saturated carbocycles. The van der Waals surface area contributed by atoms with Gasteiger partial charge in [0, 0.05) is 36.8 Å². The maximum atomic E-state index is 11.7. The number of aryl methyl sites for hydroxylation is 1. The van der Waals surface area contributed by atoms with E-state index in [0.29, 0.717) is 24.7 Å². The third-order valence-electron chi connectivity index (χ3n) is 4.44. The maximum absolute atomic E-state index is 11.7. The Labute approximate surface area is 158 Å². The number of hydrogen-bond donors (Lipinski definition) is 0. The molecule has 3 rings (SSSR count). The summed E-state index contributed by atoms with van der Waals surface area (Å²) < 4.78 is 11.1. The molecule has 1 aromatic carbocycles. The van der Waals surface area contributed by atoms with Gasteiger partial charge in [-0.2, -0.15) is 4.98 Å². The van der Waals surface area contributed by atoms with E-state index in [1.807, 2.05) is 37.3 Å². The Kier molecular flexibility index (Phi) is 5.93. The lowest BCUT2D eigenvalue weighted by Crippen LogP contribution is -2.38. The molecule has 1 aromatic heterocycles. The van der Waals surface area contributed by atoms with E-state index >= 15 is 0 Å². The maximum Gasteiger partial charge on any atom is 0.237 e. The second-order valence-electron chi connectivity index (χ2n) is 6.28. The SMILES string of the molecule is COc1cccc(Oc2cc(C)nc(C3CCN(C(=O)CCl)CC3)n2)c1. The van der Waals surface area contributed by atoms with Crippen LogP contribution >= 0.6 is 11.6 Å². The second-order valence-corrected chi connectivity index (χ2v) is 6.54. The molecular weight excluding hydrogens is 354 g/mol. The third-order valence-corrected chi connectivity index (χ3v) is 4.67. The minimum Gasteiger partial charge on any atom is -0.497 e. The average molecular weight is 376 g/mol. The zero-order valence-corrected chi connectivity index (χ0v) is 15.7. The van der Waals surface area contributed by atoms with Gasteiger partial charge in [-0.25, -0.2) is 4.98 Å². The molecule has 1 amide bonds. The number of benzene rings is 1. The van der Waals surface area contributed by atoms with Crippen LogP contribution in [0.4, 0.5) is 0 Å². The molecule has 26 heavy (non-hydrogen) atoms. The number of carbonyl (C=O) groups excluding carboxylic acids is 1. The van der Waals surface area contributed by atoms with Gasteiger partial charge in [0.1, 0.15) is 23.2 Å². The summed E-state index contributed by atoms with van der Waals surface area (Å²) in [6.07, 6.45) is 1.65. The number of methoxy groups -OCH3 is 1. The first kappa shape index (κ1) is 18.5. The van der Waals surface area contributed by atoms with Crippen molar-refractivity contribution in [2.45, 2.75) is 25.7 Å². The Balaban J connectivity index is 1.73. The first-order valence-electron chi connectivity index (χ1n) is 8.60. The molecule has 0 N–H and O–H groups in total. The summed E-state index contributed by atoms with van der Waals surface area (Å²) in [7, 11) is 1.62. The summed E-state index contributed by atoms with van der Waals surface area (Å²) in [6.45, 7) is 3.29. The van der Waals surface area contributed by atoms with Crippen molar-refractivity contribution in [3.8, 4) is 17.4 Å². The normalized spacial score (nSPS) is 15.0. The molecule has 1 aliphatic heterocycles. The van der Waals surface area contributed by atoms with E-state index in [1.165, 1.54) is 0 Å². The Morgan fingerprint density at radius 2 is 1.96 bits per heavy atom. The molecule has 1 saturated heterocycles. The van der Waals surface area contributed by atoms with Gasteiger partial charge in [-0.05, 0) is 31.9 Å². The topological polar surface area (TPSA) is 64.6 Å². The Hall–Kier alpha value is -2.34. The van der Waals surface area contributed by atoms with Crippen molar-refractivity contribution in [1.82, 2.24) is 14.9 Å². The van der Waals surface area contributed by atoms with Gasteiger partial charge in [0.15, 0.2) is 0 Å². The minimum absolute atomic E-state index is 0.0164. The number of nitrogens with zero attached hydrogens (tertiary/aromatic N) is 3. The third kappa shape index (κ3) is 4.43. The quantitative estimate of drug-likeness (QED) is 0.748. The van der Waals surface area contributed by atoms with Crippen LogP contribution in [0.15, 0.2) is 30.3 Å². The number of piperidine rings is 1. The molecule has 0 aliphatic carbocycles. The van der Waals surface area contributed by atoms with Gasteiger partial charge in [0.25, 0.3) is 0 Å². The van der Waals surface area contributed by atoms with Crippen LogP contribution in [-0.4, -0.2) is 46.9 Å². The van der Waals surface area contributed by atoms with Crippen molar-refractivity contribution >= 4 is 17.5 Å². The zero-order chi connectivity index (χ0) is 18.5. The minimum atomic E-state index is -0.0164. The van der Waals surface area contributed by atoms with Crippen LogP contribution in [0, 0.1) is 6.92 Å². The predicted molar refractivity (Wildman–Crippen MR) is 99.1 cm³/mol. The number of ether oxygens (including phenoxy) is 2. The summed E-state index contributed by atoms with van der Waals surface area (Å²) in [4.78, 5) is 22.7. The highest BCUT2D eigenvalue weighted by Gasteiger charge is 2.25. The van der Waals surface area contributed by atoms with Crippen LogP contribution in [0.3, 0.4) is 0 Å². The van der Waals surface area contributed by atoms with E-state index in [-0.39, 0.29) is 17.7 Å². The van der Waals surface area contributed by atoms with Crippen molar-refractivity contribution in [2.75, 3.05) is 26.1 Å². The molecule has 7 heteroatoms. The number of hydrogen-bond acceptors (Lipinski definition) is 5. The Morgan fingerprint density at radius 1 is 1.23 bits per heavy atom. The molecule has 6 nitrogen and oxygen atoms in total. The number of halogens is 1. The fraction of sp³-hybridized carbons (Fsp3) is 0.421. The predicted octanol–water partition coefficient (Wildman–Crippen LogP) is 3.53. The van der Waals surface area contributed by atoms with Crippen LogP contribution in [0.1, 0.15) is 30.3 Å². The highest BCUT2D eigenvalue weighted by Crippen LogP contribution is 2.29. The number of amides is 1. The van der Waals surface area contributed by atoms with E-state index in [0.717, 1.165) is 30.1 Å². The van der Waals surface area contributed by atoms with Crippen LogP contribution in [0.25, 0.3) is 0 Å². The molecule has 0 radical (unpaired) electrons. The molecule has 138 valence electrons. The van der Waals surface area contributed by atoms with Crippen LogP contribution < -0.4 is 9.47 Å². The van der Waals surface area contributed by atoms with E-state index in [4.69, 9.17) is 21.1 Å². The van der Waals surface area contributed by atoms with Gasteiger partial charge in [-0.15, -0.1) is 11.6 Å². The number of likely N-dealkylation sites (tertiary alicyclic amines) is 1. The Bertz CT molecular complexity index is 776. The van der Waals surface area contributed by atoms with Crippen molar-refractivity contribution in [1.29, 1.82) is 0 Å².